The maximum atomic E-state index is 11.0. The highest BCUT2D eigenvalue weighted by Crippen LogP contribution is 2.27. The van der Waals surface area contributed by atoms with Gasteiger partial charge in [-0.2, -0.15) is 0 Å². The Hall–Kier alpha value is -1.46. The third-order valence-corrected chi connectivity index (χ3v) is 3.51. The van der Waals surface area contributed by atoms with E-state index in [4.69, 9.17) is 21.4 Å². The summed E-state index contributed by atoms with van der Waals surface area (Å²) >= 11 is 7.03. The number of aromatic nitrogens is 1. The average Bonchev–Trinajstić information content (AvgIpc) is 2.35. The quantitative estimate of drug-likeness (QED) is 0.877. The van der Waals surface area contributed by atoms with Crippen LogP contribution >= 0.6 is 23.4 Å². The smallest absolute Gasteiger partial charge is 0.355 e. The molecule has 0 amide bonds. The van der Waals surface area contributed by atoms with Crippen molar-refractivity contribution in [2.24, 2.45) is 0 Å². The van der Waals surface area contributed by atoms with Gasteiger partial charge in [-0.3, -0.25) is 4.98 Å². The molecular formula is C13H12ClNO3S. The Labute approximate surface area is 119 Å². The molecular weight excluding hydrogens is 286 g/mol. The van der Waals surface area contributed by atoms with Gasteiger partial charge in [-0.1, -0.05) is 11.6 Å². The molecule has 1 atom stereocenters. The van der Waals surface area contributed by atoms with Crippen LogP contribution in [0.25, 0.3) is 10.9 Å². The fourth-order valence-corrected chi connectivity index (χ4v) is 2.34. The number of nitrogens with zero attached hydrogens (tertiary/aromatic N) is 1. The summed E-state index contributed by atoms with van der Waals surface area (Å²) in [4.78, 5) is 15.2. The molecule has 4 nitrogen and oxygen atoms in total. The van der Waals surface area contributed by atoms with Crippen molar-refractivity contribution < 1.29 is 14.6 Å². The zero-order valence-electron chi connectivity index (χ0n) is 10.4. The zero-order chi connectivity index (χ0) is 14.0. The summed E-state index contributed by atoms with van der Waals surface area (Å²) in [5.41, 5.74) is 0.811. The Morgan fingerprint density at radius 1 is 1.47 bits per heavy atom. The second-order valence-electron chi connectivity index (χ2n) is 3.99. The molecule has 0 aliphatic heterocycles. The highest BCUT2D eigenvalue weighted by Gasteiger charge is 2.18. The predicted octanol–water partition coefficient (Wildman–Crippen LogP) is 3.35. The Morgan fingerprint density at radius 2 is 2.21 bits per heavy atom. The predicted molar refractivity (Wildman–Crippen MR) is 77.1 cm³/mol. The number of halogens is 1. The molecule has 0 radical (unpaired) electrons. The summed E-state index contributed by atoms with van der Waals surface area (Å²) in [5, 5.41) is 10.3. The maximum absolute atomic E-state index is 11.0. The monoisotopic (exact) mass is 297 g/mol. The lowest BCUT2D eigenvalue weighted by atomic mass is 10.1. The van der Waals surface area contributed by atoms with Crippen molar-refractivity contribution in [2.45, 2.75) is 12.4 Å². The Kier molecular flexibility index (Phi) is 4.17. The largest absolute Gasteiger partial charge is 0.478 e. The van der Waals surface area contributed by atoms with Crippen LogP contribution in [0.2, 0.25) is 5.02 Å². The lowest BCUT2D eigenvalue weighted by Crippen LogP contribution is -2.22. The molecule has 0 saturated heterocycles. The van der Waals surface area contributed by atoms with Crippen molar-refractivity contribution >= 4 is 40.2 Å². The van der Waals surface area contributed by atoms with E-state index in [-0.39, 0.29) is 0 Å². The molecule has 0 saturated carbocycles. The fraction of sp³-hybridized carbons (Fsp3) is 0.231. The van der Waals surface area contributed by atoms with Gasteiger partial charge in [0.25, 0.3) is 0 Å². The van der Waals surface area contributed by atoms with Gasteiger partial charge >= 0.3 is 5.97 Å². The molecule has 0 fully saturated rings. The maximum Gasteiger partial charge on any atom is 0.355 e. The first-order chi connectivity index (χ1) is 9.01. The Bertz CT molecular complexity index is 633. The van der Waals surface area contributed by atoms with Crippen molar-refractivity contribution in [1.29, 1.82) is 0 Å². The molecule has 19 heavy (non-hydrogen) atoms. The molecule has 1 unspecified atom stereocenters. The van der Waals surface area contributed by atoms with Gasteiger partial charge < -0.3 is 9.84 Å². The number of ether oxygens (including phenoxy) is 1. The first kappa shape index (κ1) is 14.0. The second-order valence-corrected chi connectivity index (χ2v) is 5.33. The molecule has 2 aromatic rings. The summed E-state index contributed by atoms with van der Waals surface area (Å²) in [7, 11) is 0. The molecule has 2 rings (SSSR count). The van der Waals surface area contributed by atoms with E-state index in [1.54, 1.807) is 30.7 Å². The van der Waals surface area contributed by atoms with E-state index in [1.165, 1.54) is 0 Å². The van der Waals surface area contributed by atoms with Crippen LogP contribution in [0.15, 0.2) is 24.4 Å². The first-order valence-corrected chi connectivity index (χ1v) is 7.16. The molecule has 1 N–H and O–H groups in total. The number of rotatable bonds is 4. The number of carbonyl (C=O) groups is 1. The summed E-state index contributed by atoms with van der Waals surface area (Å²) in [5.74, 6) is -0.509. The van der Waals surface area contributed by atoms with Crippen LogP contribution in [0.1, 0.15) is 5.56 Å². The molecule has 100 valence electrons. The molecule has 0 spiro atoms. The number of aliphatic carboxylic acids is 1. The molecule has 0 aliphatic rings. The van der Waals surface area contributed by atoms with Crippen LogP contribution in [0, 0.1) is 6.92 Å². The van der Waals surface area contributed by atoms with Crippen LogP contribution in [0.4, 0.5) is 0 Å². The standard InChI is InChI=1S/C13H12ClNO3S/c1-7-3-10(18-13(19-2)12(16)17)5-8-4-9(14)6-15-11(7)8/h3-6,13H,1-2H3,(H,16,17). The Morgan fingerprint density at radius 3 is 2.84 bits per heavy atom. The van der Waals surface area contributed by atoms with Gasteiger partial charge in [-0.15, -0.1) is 11.8 Å². The van der Waals surface area contributed by atoms with Crippen LogP contribution in [-0.4, -0.2) is 27.8 Å². The van der Waals surface area contributed by atoms with Crippen LogP contribution in [0.3, 0.4) is 0 Å². The highest BCUT2D eigenvalue weighted by molar-refractivity contribution is 7.99. The second kappa shape index (κ2) is 5.67. The van der Waals surface area contributed by atoms with Gasteiger partial charge in [0, 0.05) is 11.6 Å². The van der Waals surface area contributed by atoms with E-state index >= 15 is 0 Å². The average molecular weight is 298 g/mol. The zero-order valence-corrected chi connectivity index (χ0v) is 12.0. The van der Waals surface area contributed by atoms with Crippen molar-refractivity contribution in [3.05, 3.63) is 35.0 Å². The Balaban J connectivity index is 2.42. The minimum Gasteiger partial charge on any atom is -0.478 e. The summed E-state index contributed by atoms with van der Waals surface area (Å²) in [6, 6.07) is 5.29. The number of hydrogen-bond donors (Lipinski definition) is 1. The van der Waals surface area contributed by atoms with E-state index in [2.05, 4.69) is 4.98 Å². The van der Waals surface area contributed by atoms with Gasteiger partial charge in [-0.05, 0) is 36.9 Å². The van der Waals surface area contributed by atoms with Crippen molar-refractivity contribution in [1.82, 2.24) is 4.98 Å². The number of thioether (sulfide) groups is 1. The minimum atomic E-state index is -1.01. The molecule has 0 bridgehead atoms. The van der Waals surface area contributed by atoms with Gasteiger partial charge in [-0.25, -0.2) is 4.79 Å². The SMILES string of the molecule is CSC(Oc1cc(C)c2ncc(Cl)cc2c1)C(=O)O. The van der Waals surface area contributed by atoms with Crippen LogP contribution < -0.4 is 4.74 Å². The van der Waals surface area contributed by atoms with E-state index in [0.717, 1.165) is 28.2 Å². The molecule has 1 aromatic carbocycles. The van der Waals surface area contributed by atoms with E-state index in [0.29, 0.717) is 10.8 Å². The lowest BCUT2D eigenvalue weighted by Gasteiger charge is -2.14. The van der Waals surface area contributed by atoms with Crippen LogP contribution in [0.5, 0.6) is 5.75 Å². The third-order valence-electron chi connectivity index (χ3n) is 2.57. The number of fused-ring (bicyclic) bond motifs is 1. The fourth-order valence-electron chi connectivity index (χ4n) is 1.76. The molecule has 1 heterocycles. The summed E-state index contributed by atoms with van der Waals surface area (Å²) in [6.07, 6.45) is 3.27. The summed E-state index contributed by atoms with van der Waals surface area (Å²) < 4.78 is 5.45. The molecule has 1 aromatic heterocycles. The van der Waals surface area contributed by atoms with Crippen molar-refractivity contribution in [2.75, 3.05) is 6.26 Å². The minimum absolute atomic E-state index is 0.496. The first-order valence-electron chi connectivity index (χ1n) is 5.49. The van der Waals surface area contributed by atoms with E-state index in [9.17, 15) is 4.79 Å². The van der Waals surface area contributed by atoms with E-state index in [1.807, 2.05) is 6.92 Å². The third kappa shape index (κ3) is 3.11. The van der Waals surface area contributed by atoms with Gasteiger partial charge in [0.05, 0.1) is 10.5 Å². The van der Waals surface area contributed by atoms with Crippen LogP contribution in [-0.2, 0) is 4.79 Å². The number of hydrogen-bond acceptors (Lipinski definition) is 4. The van der Waals surface area contributed by atoms with Gasteiger partial charge in [0.2, 0.25) is 5.44 Å². The lowest BCUT2D eigenvalue weighted by molar-refractivity contribution is -0.140. The number of carboxylic acids is 1. The van der Waals surface area contributed by atoms with Crippen molar-refractivity contribution in [3.8, 4) is 5.75 Å². The molecule has 0 aliphatic carbocycles. The number of carboxylic acid groups (broad SMARTS) is 1. The summed E-state index contributed by atoms with van der Waals surface area (Å²) in [6.45, 7) is 1.89. The normalized spacial score (nSPS) is 12.4. The van der Waals surface area contributed by atoms with Gasteiger partial charge in [0.1, 0.15) is 5.75 Å². The molecule has 6 heteroatoms. The van der Waals surface area contributed by atoms with E-state index < -0.39 is 11.4 Å². The van der Waals surface area contributed by atoms with Crippen molar-refractivity contribution in [3.63, 3.8) is 0 Å². The topological polar surface area (TPSA) is 59.4 Å². The number of aryl methyl sites for hydroxylation is 1. The van der Waals surface area contributed by atoms with Gasteiger partial charge in [0.15, 0.2) is 0 Å². The number of pyridine rings is 1. The highest BCUT2D eigenvalue weighted by atomic mass is 35.5. The number of benzene rings is 1.